The highest BCUT2D eigenvalue weighted by Crippen LogP contribution is 2.46. The summed E-state index contributed by atoms with van der Waals surface area (Å²) in [6, 6.07) is 64.3. The van der Waals surface area contributed by atoms with Crippen molar-refractivity contribution in [2.75, 3.05) is 4.90 Å². The van der Waals surface area contributed by atoms with Crippen LogP contribution in [-0.4, -0.2) is 4.40 Å². The van der Waals surface area contributed by atoms with Crippen LogP contribution in [0.5, 0.6) is 0 Å². The second kappa shape index (κ2) is 13.3. The van der Waals surface area contributed by atoms with Crippen LogP contribution in [0, 0.1) is 6.92 Å². The molecule has 0 bridgehead atoms. The summed E-state index contributed by atoms with van der Waals surface area (Å²) in [5.74, 6) is 0. The summed E-state index contributed by atoms with van der Waals surface area (Å²) < 4.78 is 5.09. The molecule has 0 aliphatic heterocycles. The van der Waals surface area contributed by atoms with Gasteiger partial charge in [-0.25, -0.2) is 0 Å². The molecule has 12 aromatic rings. The fraction of sp³-hybridized carbons (Fsp3) is 0.0182. The van der Waals surface area contributed by atoms with Gasteiger partial charge >= 0.3 is 0 Å². The van der Waals surface area contributed by atoms with Crippen molar-refractivity contribution >= 4 is 120 Å². The molecule has 0 amide bonds. The lowest BCUT2D eigenvalue weighted by Crippen LogP contribution is -2.10. The van der Waals surface area contributed by atoms with Crippen LogP contribution in [0.25, 0.3) is 91.8 Å². The molecule has 59 heavy (non-hydrogen) atoms. The standard InChI is InChI=1S/C55H36N2S2/c1-34(40-18-7-9-23-48(40)56(39-16-4-3-5-17-39)52-33-38-14-6-11-25-50(38)59-52)26-29-41-35(2)58-51-31-28-37(32-47(41)51)42-20-13-22-45-46-30-27-36-15-12-21-44-43-19-8-10-24-49(43)57(54(42)45)55(46)53(36)44/h3-33H,1H2,2H3/b29-26-. The predicted molar refractivity (Wildman–Crippen MR) is 259 cm³/mol. The Bertz CT molecular complexity index is 3620. The number of hydrogen-bond acceptors (Lipinski definition) is 3. The predicted octanol–water partition coefficient (Wildman–Crippen LogP) is 16.6. The zero-order valence-corrected chi connectivity index (χ0v) is 33.9. The van der Waals surface area contributed by atoms with E-state index in [0.29, 0.717) is 0 Å². The number of aromatic nitrogens is 1. The minimum absolute atomic E-state index is 0.964. The van der Waals surface area contributed by atoms with Crippen molar-refractivity contribution in [2.45, 2.75) is 6.92 Å². The number of rotatable bonds is 7. The molecule has 12 rings (SSSR count). The van der Waals surface area contributed by atoms with Crippen LogP contribution in [0.2, 0.25) is 0 Å². The van der Waals surface area contributed by atoms with Gasteiger partial charge in [0.2, 0.25) is 0 Å². The Hall–Kier alpha value is -6.98. The number of fused-ring (bicyclic) bond motifs is 8. The zero-order valence-electron chi connectivity index (χ0n) is 32.3. The highest BCUT2D eigenvalue weighted by molar-refractivity contribution is 7.23. The molecule has 0 aliphatic rings. The third-order valence-corrected chi connectivity index (χ3v) is 14.2. The smallest absolute Gasteiger partial charge is 0.101 e. The number of thiophene rings is 2. The Morgan fingerprint density at radius 2 is 1.32 bits per heavy atom. The molecule has 4 heterocycles. The van der Waals surface area contributed by atoms with Crippen molar-refractivity contribution in [3.8, 4) is 11.1 Å². The SMILES string of the molecule is C=C(/C=C\c1c(C)sc2ccc(-c3cccc4c5ccc6cccc7c8ccccc8n(c34)c5c67)cc12)c1ccccc1N(c1ccccc1)c1cc2ccccc2s1. The third kappa shape index (κ3) is 5.24. The van der Waals surface area contributed by atoms with Crippen molar-refractivity contribution < 1.29 is 0 Å². The molecule has 0 spiro atoms. The third-order valence-electron chi connectivity index (χ3n) is 12.0. The van der Waals surface area contributed by atoms with Crippen LogP contribution >= 0.6 is 22.7 Å². The lowest BCUT2D eigenvalue weighted by Gasteiger charge is -2.26. The van der Waals surface area contributed by atoms with Crippen LogP contribution in [0.3, 0.4) is 0 Å². The first kappa shape index (κ1) is 34.1. The van der Waals surface area contributed by atoms with Gasteiger partial charge in [-0.05, 0) is 88.3 Å². The first-order chi connectivity index (χ1) is 29.1. The maximum Gasteiger partial charge on any atom is 0.101 e. The van der Waals surface area contributed by atoms with E-state index in [1.165, 1.54) is 95.6 Å². The van der Waals surface area contributed by atoms with Gasteiger partial charge in [-0.2, -0.15) is 0 Å². The number of nitrogens with zero attached hydrogens (tertiary/aromatic N) is 2. The molecular weight excluding hydrogens is 753 g/mol. The number of aryl methyl sites for hydroxylation is 1. The molecule has 4 heteroatoms. The lowest BCUT2D eigenvalue weighted by atomic mass is 9.98. The molecule has 278 valence electrons. The second-order valence-corrected chi connectivity index (χ2v) is 17.7. The monoisotopic (exact) mass is 788 g/mol. The topological polar surface area (TPSA) is 7.65 Å². The van der Waals surface area contributed by atoms with Gasteiger partial charge in [-0.3, -0.25) is 0 Å². The van der Waals surface area contributed by atoms with E-state index >= 15 is 0 Å². The molecule has 0 atom stereocenters. The van der Waals surface area contributed by atoms with Crippen molar-refractivity contribution in [2.24, 2.45) is 0 Å². The van der Waals surface area contributed by atoms with Gasteiger partial charge < -0.3 is 9.30 Å². The van der Waals surface area contributed by atoms with Gasteiger partial charge in [0.05, 0.1) is 22.2 Å². The lowest BCUT2D eigenvalue weighted by molar-refractivity contribution is 1.31. The average molecular weight is 789 g/mol. The van der Waals surface area contributed by atoms with Gasteiger partial charge in [-0.1, -0.05) is 146 Å². The number of hydrogen-bond donors (Lipinski definition) is 0. The van der Waals surface area contributed by atoms with Crippen LogP contribution in [0.4, 0.5) is 16.4 Å². The maximum absolute atomic E-state index is 4.68. The summed E-state index contributed by atoms with van der Waals surface area (Å²) in [5, 5.41) is 11.5. The van der Waals surface area contributed by atoms with Crippen molar-refractivity contribution in [1.82, 2.24) is 4.40 Å². The van der Waals surface area contributed by atoms with E-state index < -0.39 is 0 Å². The van der Waals surface area contributed by atoms with Crippen LogP contribution in [0.1, 0.15) is 16.0 Å². The van der Waals surface area contributed by atoms with Crippen molar-refractivity contribution in [3.63, 3.8) is 0 Å². The minimum Gasteiger partial charge on any atom is -0.307 e. The highest BCUT2D eigenvalue weighted by Gasteiger charge is 2.22. The largest absolute Gasteiger partial charge is 0.307 e. The fourth-order valence-corrected chi connectivity index (χ4v) is 11.5. The number of pyridine rings is 1. The quantitative estimate of drug-likeness (QED) is 0.0887. The van der Waals surface area contributed by atoms with Gasteiger partial charge in [0.1, 0.15) is 5.00 Å². The maximum atomic E-state index is 4.68. The zero-order chi connectivity index (χ0) is 39.2. The molecule has 4 aromatic heterocycles. The Morgan fingerprint density at radius 1 is 0.576 bits per heavy atom. The molecule has 0 unspecified atom stereocenters. The summed E-state index contributed by atoms with van der Waals surface area (Å²) in [5.41, 5.74) is 11.8. The number of allylic oxidation sites excluding steroid dienone is 2. The Labute approximate surface area is 349 Å². The molecule has 2 nitrogen and oxygen atoms in total. The molecule has 0 N–H and O–H groups in total. The van der Waals surface area contributed by atoms with E-state index in [1.54, 1.807) is 0 Å². The van der Waals surface area contributed by atoms with E-state index in [0.717, 1.165) is 22.5 Å². The number of benzene rings is 8. The van der Waals surface area contributed by atoms with E-state index in [-0.39, 0.29) is 0 Å². The Morgan fingerprint density at radius 3 is 2.24 bits per heavy atom. The Balaban J connectivity index is 0.986. The summed E-state index contributed by atoms with van der Waals surface area (Å²) in [6.45, 7) is 6.92. The molecule has 8 aromatic carbocycles. The summed E-state index contributed by atoms with van der Waals surface area (Å²) in [4.78, 5) is 3.66. The fourth-order valence-electron chi connectivity index (χ4n) is 9.39. The molecular formula is C55H36N2S2. The summed E-state index contributed by atoms with van der Waals surface area (Å²) in [7, 11) is 0. The Kier molecular flexibility index (Phi) is 7.68. The van der Waals surface area contributed by atoms with E-state index in [2.05, 4.69) is 211 Å². The molecule has 0 saturated carbocycles. The van der Waals surface area contributed by atoms with Crippen molar-refractivity contribution in [1.29, 1.82) is 0 Å². The van der Waals surface area contributed by atoms with Crippen LogP contribution < -0.4 is 4.90 Å². The van der Waals surface area contributed by atoms with E-state index in [4.69, 9.17) is 0 Å². The highest BCUT2D eigenvalue weighted by atomic mass is 32.1. The first-order valence-electron chi connectivity index (χ1n) is 20.0. The first-order valence-corrected chi connectivity index (χ1v) is 21.7. The number of para-hydroxylation sites is 4. The van der Waals surface area contributed by atoms with Crippen molar-refractivity contribution in [3.05, 3.63) is 205 Å². The van der Waals surface area contributed by atoms with Crippen LogP contribution in [-0.2, 0) is 0 Å². The van der Waals surface area contributed by atoms with Gasteiger partial charge in [0.25, 0.3) is 0 Å². The summed E-state index contributed by atoms with van der Waals surface area (Å²) in [6.07, 6.45) is 4.49. The van der Waals surface area contributed by atoms with Gasteiger partial charge in [0, 0.05) is 58.0 Å². The molecule has 0 radical (unpaired) electrons. The molecule has 0 saturated heterocycles. The normalized spacial score (nSPS) is 12.2. The van der Waals surface area contributed by atoms with Gasteiger partial charge in [-0.15, -0.1) is 22.7 Å². The summed E-state index contributed by atoms with van der Waals surface area (Å²) >= 11 is 3.67. The number of anilines is 3. The van der Waals surface area contributed by atoms with E-state index in [9.17, 15) is 0 Å². The second-order valence-electron chi connectivity index (χ2n) is 15.4. The average Bonchev–Trinajstić information content (AvgIpc) is 3.97. The minimum atomic E-state index is 0.964. The van der Waals surface area contributed by atoms with E-state index in [1.807, 2.05) is 22.7 Å². The van der Waals surface area contributed by atoms with Gasteiger partial charge in [0.15, 0.2) is 0 Å². The molecule has 0 aliphatic carbocycles. The van der Waals surface area contributed by atoms with Crippen LogP contribution in [0.15, 0.2) is 189 Å². The molecule has 0 fully saturated rings.